The fourth-order valence-corrected chi connectivity index (χ4v) is 2.57. The Morgan fingerprint density at radius 2 is 2.32 bits per heavy atom. The largest absolute Gasteiger partial charge is 0.494 e. The van der Waals surface area contributed by atoms with Gasteiger partial charge in [0.15, 0.2) is 11.6 Å². The molecule has 2 N–H and O–H groups in total. The quantitative estimate of drug-likeness (QED) is 0.870. The lowest BCUT2D eigenvalue weighted by molar-refractivity contribution is -0.123. The van der Waals surface area contributed by atoms with Crippen LogP contribution >= 0.6 is 0 Å². The van der Waals surface area contributed by atoms with Crippen LogP contribution in [0, 0.1) is 5.82 Å². The number of carbonyl (C=O) groups excluding carboxylic acids is 1. The van der Waals surface area contributed by atoms with E-state index in [1.165, 1.54) is 7.11 Å². The molecule has 0 saturated carbocycles. The number of methoxy groups -OCH3 is 1. The highest BCUT2D eigenvalue weighted by atomic mass is 19.1. The summed E-state index contributed by atoms with van der Waals surface area (Å²) >= 11 is 0. The molecule has 2 unspecified atom stereocenters. The summed E-state index contributed by atoms with van der Waals surface area (Å²) in [6, 6.07) is 4.91. The van der Waals surface area contributed by atoms with Crippen molar-refractivity contribution >= 4 is 5.91 Å². The molecular weight excluding hydrogens is 247 g/mol. The number of halogens is 1. The summed E-state index contributed by atoms with van der Waals surface area (Å²) in [6.45, 7) is 0.708. The number of benzene rings is 1. The standard InChI is InChI=1S/C14H19FN2O2/c1-16-14(18)11-8-9(6-7-17-11)10-4-3-5-12(19-2)13(10)15/h3-5,9,11,17H,6-8H2,1-2H3,(H,16,18). The van der Waals surface area contributed by atoms with Crippen LogP contribution in [0.2, 0.25) is 0 Å². The Morgan fingerprint density at radius 3 is 3.00 bits per heavy atom. The summed E-state index contributed by atoms with van der Waals surface area (Å²) in [6.07, 6.45) is 1.42. The van der Waals surface area contributed by atoms with Crippen molar-refractivity contribution in [3.63, 3.8) is 0 Å². The van der Waals surface area contributed by atoms with Gasteiger partial charge in [-0.25, -0.2) is 4.39 Å². The predicted octanol–water partition coefficient (Wildman–Crippen LogP) is 1.42. The number of rotatable bonds is 3. The number of piperidine rings is 1. The van der Waals surface area contributed by atoms with Crippen molar-refractivity contribution < 1.29 is 13.9 Å². The van der Waals surface area contributed by atoms with Crippen LogP contribution in [0.1, 0.15) is 24.3 Å². The van der Waals surface area contributed by atoms with Crippen molar-refractivity contribution in [3.05, 3.63) is 29.6 Å². The first-order valence-corrected chi connectivity index (χ1v) is 6.44. The number of nitrogens with one attached hydrogen (secondary N) is 2. The van der Waals surface area contributed by atoms with Crippen LogP contribution in [0.15, 0.2) is 18.2 Å². The lowest BCUT2D eigenvalue weighted by Crippen LogP contribution is -2.47. The van der Waals surface area contributed by atoms with E-state index in [1.54, 1.807) is 25.2 Å². The Kier molecular flexibility index (Phi) is 4.37. The van der Waals surface area contributed by atoms with Crippen LogP contribution < -0.4 is 15.4 Å². The molecule has 1 saturated heterocycles. The van der Waals surface area contributed by atoms with Gasteiger partial charge in [-0.15, -0.1) is 0 Å². The molecule has 0 aliphatic carbocycles. The lowest BCUT2D eigenvalue weighted by atomic mass is 9.85. The van der Waals surface area contributed by atoms with E-state index in [2.05, 4.69) is 10.6 Å². The molecule has 2 rings (SSSR count). The minimum absolute atomic E-state index is 0.0404. The zero-order chi connectivity index (χ0) is 13.8. The highest BCUT2D eigenvalue weighted by Crippen LogP contribution is 2.33. The van der Waals surface area contributed by atoms with Crippen molar-refractivity contribution in [2.45, 2.75) is 24.8 Å². The molecule has 0 spiro atoms. The van der Waals surface area contributed by atoms with Gasteiger partial charge in [0.1, 0.15) is 0 Å². The molecule has 1 fully saturated rings. The summed E-state index contributed by atoms with van der Waals surface area (Å²) in [4.78, 5) is 11.7. The third-order valence-electron chi connectivity index (χ3n) is 3.62. The maximum atomic E-state index is 14.2. The summed E-state index contributed by atoms with van der Waals surface area (Å²) in [5.74, 6) is -0.0632. The minimum Gasteiger partial charge on any atom is -0.494 e. The molecule has 1 amide bonds. The molecule has 1 heterocycles. The second-order valence-electron chi connectivity index (χ2n) is 4.71. The number of hydrogen-bond acceptors (Lipinski definition) is 3. The molecular formula is C14H19FN2O2. The van der Waals surface area contributed by atoms with Gasteiger partial charge in [-0.05, 0) is 36.9 Å². The molecule has 0 radical (unpaired) electrons. The molecule has 0 aromatic heterocycles. The van der Waals surface area contributed by atoms with E-state index in [0.717, 1.165) is 6.42 Å². The van der Waals surface area contributed by atoms with E-state index in [1.807, 2.05) is 0 Å². The maximum absolute atomic E-state index is 14.2. The minimum atomic E-state index is -0.312. The molecule has 2 atom stereocenters. The fraction of sp³-hybridized carbons (Fsp3) is 0.500. The number of likely N-dealkylation sites (N-methyl/N-ethyl adjacent to an activating group) is 1. The Hall–Kier alpha value is -1.62. The smallest absolute Gasteiger partial charge is 0.236 e. The Balaban J connectivity index is 2.20. The Morgan fingerprint density at radius 1 is 1.53 bits per heavy atom. The van der Waals surface area contributed by atoms with E-state index < -0.39 is 0 Å². The van der Waals surface area contributed by atoms with Crippen LogP contribution in [0.3, 0.4) is 0 Å². The third kappa shape index (κ3) is 2.87. The van der Waals surface area contributed by atoms with Crippen LogP contribution in [0.25, 0.3) is 0 Å². The fourth-order valence-electron chi connectivity index (χ4n) is 2.57. The van der Waals surface area contributed by atoms with Crippen LogP contribution in [0.5, 0.6) is 5.75 Å². The van der Waals surface area contributed by atoms with Crippen LogP contribution in [0.4, 0.5) is 4.39 Å². The molecule has 19 heavy (non-hydrogen) atoms. The van der Waals surface area contributed by atoms with E-state index in [9.17, 15) is 9.18 Å². The van der Waals surface area contributed by atoms with Crippen molar-refractivity contribution in [1.82, 2.24) is 10.6 Å². The number of amides is 1. The SMILES string of the molecule is CNC(=O)C1CC(c2cccc(OC)c2F)CCN1. The molecule has 0 bridgehead atoms. The predicted molar refractivity (Wildman–Crippen MR) is 70.8 cm³/mol. The monoisotopic (exact) mass is 266 g/mol. The highest BCUT2D eigenvalue weighted by Gasteiger charge is 2.29. The molecule has 1 aromatic carbocycles. The molecule has 1 aromatic rings. The molecule has 5 heteroatoms. The van der Waals surface area contributed by atoms with Gasteiger partial charge in [0, 0.05) is 7.05 Å². The molecule has 4 nitrogen and oxygen atoms in total. The topological polar surface area (TPSA) is 50.4 Å². The summed E-state index contributed by atoms with van der Waals surface area (Å²) in [5, 5.41) is 5.78. The maximum Gasteiger partial charge on any atom is 0.236 e. The summed E-state index contributed by atoms with van der Waals surface area (Å²) in [5.41, 5.74) is 0.634. The number of hydrogen-bond donors (Lipinski definition) is 2. The number of ether oxygens (including phenoxy) is 1. The highest BCUT2D eigenvalue weighted by molar-refractivity contribution is 5.81. The van der Waals surface area contributed by atoms with Crippen molar-refractivity contribution in [1.29, 1.82) is 0 Å². The van der Waals surface area contributed by atoms with Gasteiger partial charge in [0.25, 0.3) is 0 Å². The van der Waals surface area contributed by atoms with Crippen molar-refractivity contribution in [3.8, 4) is 5.75 Å². The zero-order valence-electron chi connectivity index (χ0n) is 11.2. The average Bonchev–Trinajstić information content (AvgIpc) is 2.46. The van der Waals surface area contributed by atoms with Gasteiger partial charge < -0.3 is 15.4 Å². The van der Waals surface area contributed by atoms with Gasteiger partial charge in [-0.3, -0.25) is 4.79 Å². The first-order chi connectivity index (χ1) is 9.17. The van der Waals surface area contributed by atoms with Gasteiger partial charge in [0.2, 0.25) is 5.91 Å². The molecule has 1 aliphatic rings. The Labute approximate surface area is 112 Å². The average molecular weight is 266 g/mol. The van der Waals surface area contributed by atoms with Gasteiger partial charge in [-0.2, -0.15) is 0 Å². The van der Waals surface area contributed by atoms with Crippen molar-refractivity contribution in [2.75, 3.05) is 20.7 Å². The van der Waals surface area contributed by atoms with Gasteiger partial charge in [-0.1, -0.05) is 12.1 Å². The summed E-state index contributed by atoms with van der Waals surface area (Å²) < 4.78 is 19.2. The second-order valence-corrected chi connectivity index (χ2v) is 4.71. The first-order valence-electron chi connectivity index (χ1n) is 6.44. The first kappa shape index (κ1) is 13.8. The van der Waals surface area contributed by atoms with Crippen LogP contribution in [-0.2, 0) is 4.79 Å². The lowest BCUT2D eigenvalue weighted by Gasteiger charge is -2.29. The van der Waals surface area contributed by atoms with E-state index in [4.69, 9.17) is 4.74 Å². The van der Waals surface area contributed by atoms with Gasteiger partial charge in [0.05, 0.1) is 13.2 Å². The molecule has 104 valence electrons. The zero-order valence-corrected chi connectivity index (χ0v) is 11.2. The van der Waals surface area contributed by atoms with E-state index in [0.29, 0.717) is 18.5 Å². The second kappa shape index (κ2) is 6.02. The van der Waals surface area contributed by atoms with Crippen LogP contribution in [-0.4, -0.2) is 32.7 Å². The third-order valence-corrected chi connectivity index (χ3v) is 3.62. The summed E-state index contributed by atoms with van der Waals surface area (Å²) in [7, 11) is 3.07. The Bertz CT molecular complexity index is 465. The van der Waals surface area contributed by atoms with Crippen molar-refractivity contribution in [2.24, 2.45) is 0 Å². The van der Waals surface area contributed by atoms with Gasteiger partial charge >= 0.3 is 0 Å². The number of carbonyl (C=O) groups is 1. The normalized spacial score (nSPS) is 22.9. The molecule has 1 aliphatic heterocycles. The van der Waals surface area contributed by atoms with E-state index >= 15 is 0 Å². The van der Waals surface area contributed by atoms with E-state index in [-0.39, 0.29) is 29.4 Å².